The summed E-state index contributed by atoms with van der Waals surface area (Å²) >= 11 is 0. The van der Waals surface area contributed by atoms with Crippen LogP contribution < -0.4 is 4.90 Å². The molecule has 2 aliphatic rings. The second-order valence-corrected chi connectivity index (χ2v) is 14.5. The third-order valence-electron chi connectivity index (χ3n) is 11.7. The van der Waals surface area contributed by atoms with Gasteiger partial charge in [0.1, 0.15) is 0 Å². The Morgan fingerprint density at radius 2 is 1.07 bits per heavy atom. The highest BCUT2D eigenvalue weighted by molar-refractivity contribution is 5.96. The number of rotatable bonds is 8. The fourth-order valence-electron chi connectivity index (χ4n) is 9.02. The van der Waals surface area contributed by atoms with Crippen molar-refractivity contribution in [2.45, 2.75) is 26.2 Å². The summed E-state index contributed by atoms with van der Waals surface area (Å²) in [5.41, 5.74) is 20.8. The quantitative estimate of drug-likeness (QED) is 0.142. The van der Waals surface area contributed by atoms with Crippen LogP contribution in [0.4, 0.5) is 17.1 Å². The highest BCUT2D eigenvalue weighted by Gasteiger charge is 2.50. The molecule has 1 nitrogen and oxygen atoms in total. The second kappa shape index (κ2) is 13.9. The van der Waals surface area contributed by atoms with E-state index in [4.69, 9.17) is 0 Å². The minimum atomic E-state index is -0.330. The number of anilines is 3. The molecule has 1 spiro atoms. The van der Waals surface area contributed by atoms with Crippen LogP contribution in [0, 0.1) is 0 Å². The first-order valence-electron chi connectivity index (χ1n) is 19.2. The van der Waals surface area contributed by atoms with Gasteiger partial charge in [0, 0.05) is 16.9 Å². The Labute approximate surface area is 325 Å². The van der Waals surface area contributed by atoms with Gasteiger partial charge < -0.3 is 4.90 Å². The molecule has 0 aromatic heterocycles. The lowest BCUT2D eigenvalue weighted by Crippen LogP contribution is -2.26. The number of benzene rings is 7. The molecule has 1 unspecified atom stereocenters. The molecule has 0 fully saturated rings. The molecule has 0 heterocycles. The van der Waals surface area contributed by atoms with Crippen molar-refractivity contribution < 1.29 is 0 Å². The Morgan fingerprint density at radius 1 is 0.527 bits per heavy atom. The van der Waals surface area contributed by atoms with E-state index in [0.717, 1.165) is 28.2 Å². The zero-order valence-corrected chi connectivity index (χ0v) is 31.6. The number of allylic oxidation sites excluding steroid dienone is 7. The van der Waals surface area contributed by atoms with Crippen LogP contribution in [0.5, 0.6) is 0 Å². The number of hydrogen-bond donors (Lipinski definition) is 0. The van der Waals surface area contributed by atoms with Crippen molar-refractivity contribution in [1.82, 2.24) is 0 Å². The lowest BCUT2D eigenvalue weighted by atomic mass is 9.70. The Hall–Kier alpha value is -6.70. The van der Waals surface area contributed by atoms with Gasteiger partial charge in [-0.25, -0.2) is 0 Å². The molecule has 7 aromatic carbocycles. The molecule has 0 aliphatic heterocycles. The molecule has 9 rings (SSSR count). The fourth-order valence-corrected chi connectivity index (χ4v) is 9.02. The third kappa shape index (κ3) is 5.46. The molecule has 0 bridgehead atoms. The van der Waals surface area contributed by atoms with E-state index in [-0.39, 0.29) is 5.41 Å². The third-order valence-corrected chi connectivity index (χ3v) is 11.7. The van der Waals surface area contributed by atoms with Crippen molar-refractivity contribution in [3.63, 3.8) is 0 Å². The van der Waals surface area contributed by atoms with Gasteiger partial charge in [0.25, 0.3) is 0 Å². The Bertz CT molecular complexity index is 2670. The van der Waals surface area contributed by atoms with Crippen molar-refractivity contribution in [2.24, 2.45) is 0 Å². The van der Waals surface area contributed by atoms with E-state index < -0.39 is 0 Å². The Balaban J connectivity index is 1.22. The van der Waals surface area contributed by atoms with Gasteiger partial charge in [-0.15, -0.1) is 0 Å². The maximum Gasteiger partial charge on any atom is 0.0682 e. The molecule has 1 atom stereocenters. The molecule has 2 aliphatic carbocycles. The topological polar surface area (TPSA) is 3.24 Å². The zero-order valence-electron chi connectivity index (χ0n) is 31.6. The first kappa shape index (κ1) is 34.1. The molecular formula is C54H43N. The van der Waals surface area contributed by atoms with E-state index in [1.54, 1.807) is 0 Å². The van der Waals surface area contributed by atoms with Crippen LogP contribution in [0.25, 0.3) is 44.5 Å². The monoisotopic (exact) mass is 705 g/mol. The van der Waals surface area contributed by atoms with Gasteiger partial charge in [0.15, 0.2) is 0 Å². The predicted molar refractivity (Wildman–Crippen MR) is 235 cm³/mol. The van der Waals surface area contributed by atoms with Gasteiger partial charge in [0.2, 0.25) is 0 Å². The fraction of sp³-hybridized carbons (Fsp3) is 0.0741. The standard InChI is InChI=1S/C54H43N/c1-5-7-17-39(6-2)41-26-31-44(32-27-41)55(45-33-28-42(29-34-45)40-18-9-8-10-19-40)53-25-16-13-21-47(53)43-30-35-49-48-22-12-15-24-51(48)54(52(49)36-43)38(4)37(3)46-20-11-14-23-50(46)54/h5-36H,2H2,1,3-4H3/b7-5-,39-17+. The smallest absolute Gasteiger partial charge is 0.0682 e. The van der Waals surface area contributed by atoms with Crippen LogP contribution in [0.15, 0.2) is 206 Å². The second-order valence-electron chi connectivity index (χ2n) is 14.5. The van der Waals surface area contributed by atoms with Crippen molar-refractivity contribution in [3.05, 3.63) is 234 Å². The predicted octanol–water partition coefficient (Wildman–Crippen LogP) is 14.8. The molecule has 264 valence electrons. The van der Waals surface area contributed by atoms with Crippen molar-refractivity contribution in [2.75, 3.05) is 4.90 Å². The Kier molecular flexibility index (Phi) is 8.64. The van der Waals surface area contributed by atoms with Gasteiger partial charge in [-0.2, -0.15) is 0 Å². The number of hydrogen-bond acceptors (Lipinski definition) is 1. The summed E-state index contributed by atoms with van der Waals surface area (Å²) in [5.74, 6) is 0. The largest absolute Gasteiger partial charge is 0.310 e. The molecule has 0 N–H and O–H groups in total. The first-order valence-corrected chi connectivity index (χ1v) is 19.2. The molecule has 0 saturated carbocycles. The molecule has 7 aromatic rings. The number of para-hydroxylation sites is 1. The summed E-state index contributed by atoms with van der Waals surface area (Å²) in [6.07, 6.45) is 8.13. The normalized spacial score (nSPS) is 15.7. The summed E-state index contributed by atoms with van der Waals surface area (Å²) in [7, 11) is 0. The van der Waals surface area contributed by atoms with Gasteiger partial charge in [-0.1, -0.05) is 170 Å². The van der Waals surface area contributed by atoms with E-state index in [9.17, 15) is 0 Å². The first-order chi connectivity index (χ1) is 27.0. The molecule has 0 saturated heterocycles. The van der Waals surface area contributed by atoms with Crippen LogP contribution in [0.2, 0.25) is 0 Å². The average Bonchev–Trinajstić information content (AvgIpc) is 3.67. The summed E-state index contributed by atoms with van der Waals surface area (Å²) in [5, 5.41) is 0. The van der Waals surface area contributed by atoms with E-state index in [1.165, 1.54) is 66.8 Å². The minimum absolute atomic E-state index is 0.330. The maximum atomic E-state index is 4.09. The summed E-state index contributed by atoms with van der Waals surface area (Å²) in [6, 6.07) is 62.5. The average molecular weight is 706 g/mol. The lowest BCUT2D eigenvalue weighted by Gasteiger charge is -2.32. The van der Waals surface area contributed by atoms with E-state index in [1.807, 2.05) is 19.1 Å². The molecule has 1 heteroatoms. The maximum absolute atomic E-state index is 4.09. The summed E-state index contributed by atoms with van der Waals surface area (Å²) in [4.78, 5) is 2.40. The summed E-state index contributed by atoms with van der Waals surface area (Å²) < 4.78 is 0. The molecule has 0 amide bonds. The van der Waals surface area contributed by atoms with Crippen LogP contribution in [0.1, 0.15) is 48.6 Å². The van der Waals surface area contributed by atoms with Crippen molar-refractivity contribution >= 4 is 28.2 Å². The van der Waals surface area contributed by atoms with Gasteiger partial charge >= 0.3 is 0 Å². The van der Waals surface area contributed by atoms with E-state index in [0.29, 0.717) is 0 Å². The van der Waals surface area contributed by atoms with Gasteiger partial charge in [0.05, 0.1) is 11.1 Å². The zero-order chi connectivity index (χ0) is 37.5. The number of fused-ring (bicyclic) bond motifs is 7. The van der Waals surface area contributed by atoms with Crippen molar-refractivity contribution in [3.8, 4) is 33.4 Å². The van der Waals surface area contributed by atoms with Crippen LogP contribution in [0.3, 0.4) is 0 Å². The number of nitrogens with zero attached hydrogens (tertiary/aromatic N) is 1. The summed E-state index contributed by atoms with van der Waals surface area (Å²) in [6.45, 7) is 10.8. The molecular weight excluding hydrogens is 663 g/mol. The highest BCUT2D eigenvalue weighted by atomic mass is 15.1. The van der Waals surface area contributed by atoms with E-state index >= 15 is 0 Å². The molecule has 55 heavy (non-hydrogen) atoms. The Morgan fingerprint density at radius 3 is 1.76 bits per heavy atom. The lowest BCUT2D eigenvalue weighted by molar-refractivity contribution is 0.766. The SMILES string of the molecule is C=C/C(=C\C=C/C)c1ccc(N(c2ccc(-c3ccccc3)cc2)c2ccccc2-c2ccc3c(c2)C2(C(C)=C(C)c4ccccc42)c2ccccc2-3)cc1. The molecule has 0 radical (unpaired) electrons. The van der Waals surface area contributed by atoms with Crippen molar-refractivity contribution in [1.29, 1.82) is 0 Å². The van der Waals surface area contributed by atoms with Crippen LogP contribution in [-0.2, 0) is 5.41 Å². The van der Waals surface area contributed by atoms with Gasteiger partial charge in [-0.05, 0) is 124 Å². The van der Waals surface area contributed by atoms with Crippen LogP contribution >= 0.6 is 0 Å². The van der Waals surface area contributed by atoms with E-state index in [2.05, 4.69) is 207 Å². The van der Waals surface area contributed by atoms with Crippen LogP contribution in [-0.4, -0.2) is 0 Å². The van der Waals surface area contributed by atoms with Gasteiger partial charge in [-0.3, -0.25) is 0 Å². The highest BCUT2D eigenvalue weighted by Crippen LogP contribution is 2.62. The minimum Gasteiger partial charge on any atom is -0.310 e.